The van der Waals surface area contributed by atoms with Crippen molar-refractivity contribution in [1.29, 1.82) is 0 Å². The molecule has 0 saturated heterocycles. The van der Waals surface area contributed by atoms with Gasteiger partial charge in [-0.2, -0.15) is 13.2 Å². The Kier molecular flexibility index (Phi) is 3.90. The zero-order valence-electron chi connectivity index (χ0n) is 8.97. The number of benzene rings is 1. The van der Waals surface area contributed by atoms with Gasteiger partial charge < -0.3 is 0 Å². The Morgan fingerprint density at radius 2 is 1.42 bits per heavy atom. The second-order valence-electron chi connectivity index (χ2n) is 3.51. The number of halogens is 6. The summed E-state index contributed by atoms with van der Waals surface area (Å²) in [7, 11) is 0. The predicted molar refractivity (Wildman–Crippen MR) is 67.5 cm³/mol. The van der Waals surface area contributed by atoms with Crippen LogP contribution in [0.4, 0.5) is 13.2 Å². The van der Waals surface area contributed by atoms with Crippen LogP contribution in [0.1, 0.15) is 5.56 Å². The predicted octanol–water partition coefficient (Wildman–Crippen LogP) is 5.12. The second-order valence-corrected chi connectivity index (χ2v) is 4.70. The Bertz CT molecular complexity index is 612. The van der Waals surface area contributed by atoms with Crippen LogP contribution in [0, 0.1) is 0 Å². The van der Waals surface area contributed by atoms with E-state index < -0.39 is 11.7 Å². The summed E-state index contributed by atoms with van der Waals surface area (Å²) in [6.07, 6.45) is -3.17. The monoisotopic (exact) mass is 326 g/mol. The lowest BCUT2D eigenvalue weighted by atomic mass is 10.2. The van der Waals surface area contributed by atoms with E-state index in [2.05, 4.69) is 9.97 Å². The minimum atomic E-state index is -4.50. The Balaban J connectivity index is 2.52. The fraction of sp³-hybridized carbons (Fsp3) is 0.0909. The van der Waals surface area contributed by atoms with Gasteiger partial charge in [0.15, 0.2) is 5.82 Å². The fourth-order valence-electron chi connectivity index (χ4n) is 1.34. The van der Waals surface area contributed by atoms with Gasteiger partial charge in [-0.05, 0) is 12.1 Å². The largest absolute Gasteiger partial charge is 0.419 e. The summed E-state index contributed by atoms with van der Waals surface area (Å²) in [5, 5.41) is 0.507. The van der Waals surface area contributed by atoms with Crippen molar-refractivity contribution in [3.05, 3.63) is 45.2 Å². The molecule has 0 bridgehead atoms. The van der Waals surface area contributed by atoms with Crippen molar-refractivity contribution in [3.63, 3.8) is 0 Å². The van der Waals surface area contributed by atoms with Gasteiger partial charge in [0.25, 0.3) is 0 Å². The molecule has 0 aliphatic carbocycles. The number of hydrogen-bond donors (Lipinski definition) is 0. The van der Waals surface area contributed by atoms with Gasteiger partial charge in [0.05, 0.1) is 26.2 Å². The first-order valence-electron chi connectivity index (χ1n) is 4.84. The van der Waals surface area contributed by atoms with Crippen LogP contribution >= 0.6 is 34.8 Å². The lowest BCUT2D eigenvalue weighted by molar-refractivity contribution is -0.138. The number of aromatic nitrogens is 2. The molecule has 0 saturated carbocycles. The lowest BCUT2D eigenvalue weighted by Gasteiger charge is -2.09. The van der Waals surface area contributed by atoms with E-state index in [0.717, 1.165) is 0 Å². The van der Waals surface area contributed by atoms with Crippen LogP contribution in [0.5, 0.6) is 0 Å². The molecule has 0 fully saturated rings. The van der Waals surface area contributed by atoms with Crippen LogP contribution in [0.3, 0.4) is 0 Å². The summed E-state index contributed by atoms with van der Waals surface area (Å²) in [5.74, 6) is -0.0227. The number of nitrogens with zero attached hydrogens (tertiary/aromatic N) is 2. The van der Waals surface area contributed by atoms with Crippen molar-refractivity contribution in [2.75, 3.05) is 0 Å². The van der Waals surface area contributed by atoms with Crippen LogP contribution in [-0.2, 0) is 6.18 Å². The molecule has 0 aliphatic rings. The van der Waals surface area contributed by atoms with Gasteiger partial charge in [-0.3, -0.25) is 0 Å². The van der Waals surface area contributed by atoms with Gasteiger partial charge in [-0.15, -0.1) is 0 Å². The SMILES string of the molecule is FC(F)(F)c1cnc(-c2c(Cl)ccc(Cl)c2Cl)nc1. The van der Waals surface area contributed by atoms with Crippen LogP contribution in [0.2, 0.25) is 15.1 Å². The summed E-state index contributed by atoms with van der Waals surface area (Å²) >= 11 is 17.7. The minimum Gasteiger partial charge on any atom is -0.236 e. The highest BCUT2D eigenvalue weighted by molar-refractivity contribution is 6.45. The second kappa shape index (κ2) is 5.15. The van der Waals surface area contributed by atoms with Crippen molar-refractivity contribution in [2.45, 2.75) is 6.18 Å². The topological polar surface area (TPSA) is 25.8 Å². The van der Waals surface area contributed by atoms with E-state index in [1.807, 2.05) is 0 Å². The maximum atomic E-state index is 12.4. The number of hydrogen-bond acceptors (Lipinski definition) is 2. The molecule has 0 radical (unpaired) electrons. The van der Waals surface area contributed by atoms with Crippen LogP contribution in [-0.4, -0.2) is 9.97 Å². The number of alkyl halides is 3. The maximum Gasteiger partial charge on any atom is 0.419 e. The quantitative estimate of drug-likeness (QED) is 0.679. The molecule has 100 valence electrons. The van der Waals surface area contributed by atoms with Crippen LogP contribution < -0.4 is 0 Å². The molecule has 0 N–H and O–H groups in total. The average Bonchev–Trinajstić information content (AvgIpc) is 2.34. The first kappa shape index (κ1) is 14.4. The molecule has 0 atom stereocenters. The Labute approximate surface area is 121 Å². The Hall–Kier alpha value is -1.04. The highest BCUT2D eigenvalue weighted by Crippen LogP contribution is 2.37. The van der Waals surface area contributed by atoms with E-state index in [1.165, 1.54) is 12.1 Å². The molecule has 2 rings (SSSR count). The summed E-state index contributed by atoms with van der Waals surface area (Å²) in [6, 6.07) is 2.94. The molecule has 0 unspecified atom stereocenters. The van der Waals surface area contributed by atoms with Crippen LogP contribution in [0.25, 0.3) is 11.4 Å². The van der Waals surface area contributed by atoms with E-state index in [4.69, 9.17) is 34.8 Å². The van der Waals surface area contributed by atoms with Gasteiger partial charge in [-0.25, -0.2) is 9.97 Å². The standard InChI is InChI=1S/C11H4Cl3F3N2/c12-6-1-2-7(13)9(14)8(6)10-18-3-5(4-19-10)11(15,16)17/h1-4H. The van der Waals surface area contributed by atoms with E-state index >= 15 is 0 Å². The summed E-state index contributed by atoms with van der Waals surface area (Å²) < 4.78 is 37.2. The molecule has 19 heavy (non-hydrogen) atoms. The molecule has 0 amide bonds. The molecule has 1 aromatic heterocycles. The van der Waals surface area contributed by atoms with Crippen molar-refractivity contribution >= 4 is 34.8 Å². The normalized spacial score (nSPS) is 11.7. The van der Waals surface area contributed by atoms with E-state index in [9.17, 15) is 13.2 Å². The van der Waals surface area contributed by atoms with Gasteiger partial charge in [0.2, 0.25) is 0 Å². The fourth-order valence-corrected chi connectivity index (χ4v) is 2.03. The minimum absolute atomic E-state index is 0.0227. The van der Waals surface area contributed by atoms with Crippen molar-refractivity contribution < 1.29 is 13.2 Å². The van der Waals surface area contributed by atoms with Gasteiger partial charge in [0.1, 0.15) is 0 Å². The van der Waals surface area contributed by atoms with Crippen molar-refractivity contribution in [1.82, 2.24) is 9.97 Å². The van der Waals surface area contributed by atoms with Crippen LogP contribution in [0.15, 0.2) is 24.5 Å². The molecule has 1 aromatic carbocycles. The molecule has 8 heteroatoms. The highest BCUT2D eigenvalue weighted by atomic mass is 35.5. The third-order valence-electron chi connectivity index (χ3n) is 2.25. The average molecular weight is 328 g/mol. The van der Waals surface area contributed by atoms with Crippen molar-refractivity contribution in [2.24, 2.45) is 0 Å². The highest BCUT2D eigenvalue weighted by Gasteiger charge is 2.31. The van der Waals surface area contributed by atoms with E-state index in [1.54, 1.807) is 0 Å². The maximum absolute atomic E-state index is 12.4. The molecule has 1 heterocycles. The Morgan fingerprint density at radius 3 is 1.95 bits per heavy atom. The summed E-state index contributed by atoms with van der Waals surface area (Å²) in [6.45, 7) is 0. The number of rotatable bonds is 1. The van der Waals surface area contributed by atoms with Crippen molar-refractivity contribution in [3.8, 4) is 11.4 Å². The third-order valence-corrected chi connectivity index (χ3v) is 3.37. The lowest BCUT2D eigenvalue weighted by Crippen LogP contribution is -2.06. The first-order chi connectivity index (χ1) is 8.80. The Morgan fingerprint density at radius 1 is 0.895 bits per heavy atom. The molecule has 2 nitrogen and oxygen atoms in total. The molecular weight excluding hydrogens is 323 g/mol. The van der Waals surface area contributed by atoms with Gasteiger partial charge in [0, 0.05) is 12.4 Å². The first-order valence-corrected chi connectivity index (χ1v) is 5.97. The third kappa shape index (κ3) is 2.94. The smallest absolute Gasteiger partial charge is 0.236 e. The molecule has 0 aliphatic heterocycles. The summed E-state index contributed by atoms with van der Waals surface area (Å²) in [4.78, 5) is 7.24. The molecular formula is C11H4Cl3F3N2. The zero-order chi connectivity index (χ0) is 14.2. The summed E-state index contributed by atoms with van der Waals surface area (Å²) in [5.41, 5.74) is -0.755. The molecule has 2 aromatic rings. The molecule has 0 spiro atoms. The van der Waals surface area contributed by atoms with Gasteiger partial charge in [-0.1, -0.05) is 34.8 Å². The zero-order valence-corrected chi connectivity index (χ0v) is 11.2. The van der Waals surface area contributed by atoms with E-state index in [-0.39, 0.29) is 26.5 Å². The van der Waals surface area contributed by atoms with Gasteiger partial charge >= 0.3 is 6.18 Å². The van der Waals surface area contributed by atoms with E-state index in [0.29, 0.717) is 12.4 Å².